The maximum atomic E-state index is 11.5. The fraction of sp³-hybridized carbons (Fsp3) is 0.316. The molecule has 120 valence electrons. The maximum Gasteiger partial charge on any atom is 0.407 e. The number of alkyl carbamates (subject to hydrolysis) is 1. The summed E-state index contributed by atoms with van der Waals surface area (Å²) >= 11 is 0. The smallest absolute Gasteiger partial charge is 0.407 e. The van der Waals surface area contributed by atoms with E-state index in [9.17, 15) is 9.90 Å². The zero-order valence-corrected chi connectivity index (χ0v) is 13.6. The molecule has 0 aliphatic heterocycles. The molecule has 2 aromatic carbocycles. The molecule has 0 radical (unpaired) electrons. The van der Waals surface area contributed by atoms with Gasteiger partial charge < -0.3 is 15.2 Å². The minimum atomic E-state index is -0.499. The predicted molar refractivity (Wildman–Crippen MR) is 91.3 cm³/mol. The number of phenolic OH excluding ortho intramolecular Hbond substituents is 1. The molecule has 0 heterocycles. The van der Waals surface area contributed by atoms with Gasteiger partial charge in [-0.1, -0.05) is 36.1 Å². The highest BCUT2D eigenvalue weighted by Gasteiger charge is 2.15. The summed E-state index contributed by atoms with van der Waals surface area (Å²) in [6.07, 6.45) is 0.0865. The lowest BCUT2D eigenvalue weighted by molar-refractivity contribution is 0.0529. The van der Waals surface area contributed by atoms with Crippen LogP contribution in [-0.2, 0) is 4.74 Å². The van der Waals surface area contributed by atoms with Crippen molar-refractivity contribution in [3.63, 3.8) is 0 Å². The van der Waals surface area contributed by atoms with Gasteiger partial charge in [0.05, 0.1) is 0 Å². The molecule has 0 atom stereocenters. The van der Waals surface area contributed by atoms with Crippen molar-refractivity contribution in [1.29, 1.82) is 0 Å². The second-order valence-corrected chi connectivity index (χ2v) is 6.16. The van der Waals surface area contributed by atoms with Gasteiger partial charge in [0, 0.05) is 29.3 Å². The van der Waals surface area contributed by atoms with Gasteiger partial charge in [-0.05, 0) is 32.9 Å². The SMILES string of the molecule is CC(C)(C)OC(=O)NCCC#Cc1ccc(O)c2ccccc12. The molecule has 4 heteroatoms. The second-order valence-electron chi connectivity index (χ2n) is 6.16. The minimum absolute atomic E-state index is 0.248. The average Bonchev–Trinajstić information content (AvgIpc) is 2.47. The first-order valence-corrected chi connectivity index (χ1v) is 7.53. The Labute approximate surface area is 136 Å². The topological polar surface area (TPSA) is 58.6 Å². The van der Waals surface area contributed by atoms with Crippen LogP contribution in [0.2, 0.25) is 0 Å². The van der Waals surface area contributed by atoms with E-state index < -0.39 is 11.7 Å². The first-order valence-electron chi connectivity index (χ1n) is 7.53. The number of nitrogens with one attached hydrogen (secondary N) is 1. The third-order valence-corrected chi connectivity index (χ3v) is 3.04. The zero-order chi connectivity index (χ0) is 16.9. The molecular weight excluding hydrogens is 290 g/mol. The quantitative estimate of drug-likeness (QED) is 0.655. The number of aromatic hydroxyl groups is 1. The van der Waals surface area contributed by atoms with Crippen molar-refractivity contribution in [2.75, 3.05) is 6.54 Å². The number of carbonyl (C=O) groups excluding carboxylic acids is 1. The van der Waals surface area contributed by atoms with Crippen LogP contribution in [0.3, 0.4) is 0 Å². The van der Waals surface area contributed by atoms with Crippen LogP contribution in [0.5, 0.6) is 5.75 Å². The lowest BCUT2D eigenvalue weighted by atomic mass is 10.0. The molecule has 2 rings (SSSR count). The van der Waals surface area contributed by atoms with Crippen LogP contribution in [0.15, 0.2) is 36.4 Å². The lowest BCUT2D eigenvalue weighted by Crippen LogP contribution is -2.32. The summed E-state index contributed by atoms with van der Waals surface area (Å²) in [5.74, 6) is 6.36. The van der Waals surface area contributed by atoms with Crippen molar-refractivity contribution < 1.29 is 14.6 Å². The van der Waals surface area contributed by atoms with Crippen LogP contribution in [-0.4, -0.2) is 23.3 Å². The number of rotatable bonds is 2. The maximum absolute atomic E-state index is 11.5. The van der Waals surface area contributed by atoms with Gasteiger partial charge in [-0.15, -0.1) is 0 Å². The Morgan fingerprint density at radius 1 is 1.17 bits per heavy atom. The molecule has 2 N–H and O–H groups in total. The third kappa shape index (κ3) is 4.93. The molecule has 0 saturated heterocycles. The number of phenols is 1. The molecule has 23 heavy (non-hydrogen) atoms. The molecule has 2 aromatic rings. The Bertz CT molecular complexity index is 764. The van der Waals surface area contributed by atoms with Gasteiger partial charge in [0.1, 0.15) is 11.4 Å². The number of benzene rings is 2. The highest BCUT2D eigenvalue weighted by Crippen LogP contribution is 2.26. The Balaban J connectivity index is 1.96. The monoisotopic (exact) mass is 311 g/mol. The van der Waals surface area contributed by atoms with Crippen molar-refractivity contribution in [1.82, 2.24) is 5.32 Å². The molecule has 0 spiro atoms. The Morgan fingerprint density at radius 3 is 2.57 bits per heavy atom. The zero-order valence-electron chi connectivity index (χ0n) is 13.6. The number of fused-ring (bicyclic) bond motifs is 1. The van der Waals surface area contributed by atoms with Crippen molar-refractivity contribution in [3.05, 3.63) is 42.0 Å². The second kappa shape index (κ2) is 7.06. The van der Waals surface area contributed by atoms with Gasteiger partial charge in [0.25, 0.3) is 0 Å². The molecular formula is C19H21NO3. The fourth-order valence-electron chi connectivity index (χ4n) is 2.09. The molecule has 0 bridgehead atoms. The first kappa shape index (κ1) is 16.7. The van der Waals surface area contributed by atoms with E-state index in [-0.39, 0.29) is 5.75 Å². The Hall–Kier alpha value is -2.67. The van der Waals surface area contributed by atoms with E-state index in [0.29, 0.717) is 13.0 Å². The Morgan fingerprint density at radius 2 is 1.87 bits per heavy atom. The molecule has 0 aromatic heterocycles. The highest BCUT2D eigenvalue weighted by molar-refractivity contribution is 5.92. The van der Waals surface area contributed by atoms with Gasteiger partial charge in [-0.2, -0.15) is 0 Å². The van der Waals surface area contributed by atoms with Gasteiger partial charge >= 0.3 is 6.09 Å². The number of hydrogen-bond acceptors (Lipinski definition) is 3. The van der Waals surface area contributed by atoms with Gasteiger partial charge in [-0.3, -0.25) is 0 Å². The van der Waals surface area contributed by atoms with E-state index in [1.807, 2.05) is 45.0 Å². The van der Waals surface area contributed by atoms with E-state index in [2.05, 4.69) is 17.2 Å². The third-order valence-electron chi connectivity index (χ3n) is 3.04. The average molecular weight is 311 g/mol. The van der Waals surface area contributed by atoms with Gasteiger partial charge in [-0.25, -0.2) is 4.79 Å². The largest absolute Gasteiger partial charge is 0.507 e. The van der Waals surface area contributed by atoms with Gasteiger partial charge in [0.2, 0.25) is 0 Å². The molecule has 1 amide bonds. The first-order chi connectivity index (χ1) is 10.9. The Kier molecular flexibility index (Phi) is 5.13. The van der Waals surface area contributed by atoms with Crippen LogP contribution in [0, 0.1) is 11.8 Å². The van der Waals surface area contributed by atoms with E-state index in [0.717, 1.165) is 16.3 Å². The van der Waals surface area contributed by atoms with Crippen LogP contribution in [0.1, 0.15) is 32.8 Å². The summed E-state index contributed by atoms with van der Waals surface area (Å²) in [5.41, 5.74) is 0.358. The minimum Gasteiger partial charge on any atom is -0.507 e. The highest BCUT2D eigenvalue weighted by atomic mass is 16.6. The van der Waals surface area contributed by atoms with E-state index >= 15 is 0 Å². The summed E-state index contributed by atoms with van der Waals surface area (Å²) in [6, 6.07) is 11.0. The summed E-state index contributed by atoms with van der Waals surface area (Å²) in [5, 5.41) is 14.2. The van der Waals surface area contributed by atoms with Crippen molar-refractivity contribution in [2.24, 2.45) is 0 Å². The normalized spacial score (nSPS) is 10.7. The predicted octanol–water partition coefficient (Wildman–Crippen LogP) is 3.81. The lowest BCUT2D eigenvalue weighted by Gasteiger charge is -2.19. The number of hydrogen-bond donors (Lipinski definition) is 2. The summed E-state index contributed by atoms with van der Waals surface area (Å²) in [6.45, 7) is 5.89. The van der Waals surface area contributed by atoms with Gasteiger partial charge in [0.15, 0.2) is 0 Å². The molecule has 0 aliphatic rings. The van der Waals surface area contributed by atoms with E-state index in [1.54, 1.807) is 12.1 Å². The van der Waals surface area contributed by atoms with E-state index in [1.165, 1.54) is 0 Å². The van der Waals surface area contributed by atoms with Crippen LogP contribution < -0.4 is 5.32 Å². The summed E-state index contributed by atoms with van der Waals surface area (Å²) < 4.78 is 5.15. The van der Waals surface area contributed by atoms with E-state index in [4.69, 9.17) is 4.74 Å². The van der Waals surface area contributed by atoms with Crippen LogP contribution >= 0.6 is 0 Å². The standard InChI is InChI=1S/C19H21NO3/c1-19(2,3)23-18(22)20-13-7-6-8-14-11-12-17(21)16-10-5-4-9-15(14)16/h4-5,9-12,21H,7,13H2,1-3H3,(H,20,22). The molecule has 4 nitrogen and oxygen atoms in total. The molecule has 0 unspecified atom stereocenters. The summed E-state index contributed by atoms with van der Waals surface area (Å²) in [7, 11) is 0. The number of ether oxygens (including phenoxy) is 1. The van der Waals surface area contributed by atoms with Crippen LogP contribution in [0.25, 0.3) is 10.8 Å². The molecule has 0 fully saturated rings. The molecule has 0 saturated carbocycles. The number of amides is 1. The van der Waals surface area contributed by atoms with Crippen LogP contribution in [0.4, 0.5) is 4.79 Å². The van der Waals surface area contributed by atoms with Crippen molar-refractivity contribution in [3.8, 4) is 17.6 Å². The number of carbonyl (C=O) groups is 1. The van der Waals surface area contributed by atoms with Crippen molar-refractivity contribution in [2.45, 2.75) is 32.8 Å². The van der Waals surface area contributed by atoms with Crippen molar-refractivity contribution >= 4 is 16.9 Å². The fourth-order valence-corrected chi connectivity index (χ4v) is 2.09. The summed E-state index contributed by atoms with van der Waals surface area (Å²) in [4.78, 5) is 11.5. The molecule has 0 aliphatic carbocycles.